The zero-order valence-corrected chi connectivity index (χ0v) is 29.5. The standard InChI is InChI=1S/C24H26FN5O6S.C10H10O3S/c1-17-2-5-21(6-3-17)37(32,33)35-16-18-13-29(27-26-18)14-20-15-30(24(31)36-20)19-4-7-23(22(25)12-19)28-8-10-34-11-9-28;1-3-8-13-14(11,12)10-6-4-9(2)5-7-10/h2-7,12-13,20H,8-11,14-16H2,1H3;1,4-7H,8H2,2H3/t20-;/m0./s1. The first kappa shape index (κ1) is 37.4. The second-order valence-electron chi connectivity index (χ2n) is 11.5. The monoisotopic (exact) mass is 741 g/mol. The fraction of sp³-hybridized carbons (Fsp3) is 0.324. The van der Waals surface area contributed by atoms with Gasteiger partial charge in [0.25, 0.3) is 20.2 Å². The second kappa shape index (κ2) is 16.4. The third kappa shape index (κ3) is 9.90. The van der Waals surface area contributed by atoms with Crippen molar-refractivity contribution in [2.45, 2.75) is 42.9 Å². The summed E-state index contributed by atoms with van der Waals surface area (Å²) in [6.07, 6.45) is 5.28. The number of carbonyl (C=O) groups is 1. The van der Waals surface area contributed by atoms with E-state index in [2.05, 4.69) is 20.4 Å². The Bertz CT molecular complexity index is 2080. The smallest absolute Gasteiger partial charge is 0.414 e. The highest BCUT2D eigenvalue weighted by molar-refractivity contribution is 7.87. The van der Waals surface area contributed by atoms with Crippen LogP contribution in [-0.4, -0.2) is 83.5 Å². The summed E-state index contributed by atoms with van der Waals surface area (Å²) < 4.78 is 84.1. The number of anilines is 2. The molecular weight excluding hydrogens is 706 g/mol. The van der Waals surface area contributed by atoms with Crippen LogP contribution in [0.1, 0.15) is 16.8 Å². The Morgan fingerprint density at radius 3 is 2.12 bits per heavy atom. The normalized spacial score (nSPS) is 16.3. The molecule has 0 unspecified atom stereocenters. The fourth-order valence-corrected chi connectivity index (χ4v) is 6.76. The minimum Gasteiger partial charge on any atom is -0.442 e. The van der Waals surface area contributed by atoms with E-state index < -0.39 is 38.3 Å². The van der Waals surface area contributed by atoms with Gasteiger partial charge in [-0.05, 0) is 56.3 Å². The van der Waals surface area contributed by atoms with E-state index >= 15 is 0 Å². The lowest BCUT2D eigenvalue weighted by Crippen LogP contribution is -2.36. The summed E-state index contributed by atoms with van der Waals surface area (Å²) in [5, 5.41) is 7.91. The van der Waals surface area contributed by atoms with Crippen molar-refractivity contribution in [2.75, 3.05) is 49.3 Å². The molecule has 17 heteroatoms. The topological polar surface area (TPSA) is 159 Å². The van der Waals surface area contributed by atoms with E-state index in [1.54, 1.807) is 36.4 Å². The van der Waals surface area contributed by atoms with Crippen LogP contribution in [0, 0.1) is 32.0 Å². The van der Waals surface area contributed by atoms with Crippen LogP contribution < -0.4 is 9.80 Å². The number of halogens is 1. The lowest BCUT2D eigenvalue weighted by Gasteiger charge is -2.29. The molecule has 3 heterocycles. The maximum Gasteiger partial charge on any atom is 0.414 e. The Kier molecular flexibility index (Phi) is 12.1. The molecule has 2 aliphatic rings. The van der Waals surface area contributed by atoms with E-state index in [9.17, 15) is 26.0 Å². The van der Waals surface area contributed by atoms with E-state index in [0.717, 1.165) is 11.1 Å². The summed E-state index contributed by atoms with van der Waals surface area (Å²) >= 11 is 0. The molecule has 0 saturated carbocycles. The van der Waals surface area contributed by atoms with Gasteiger partial charge in [0.2, 0.25) is 0 Å². The molecule has 1 amide bonds. The number of cyclic esters (lactones) is 1. The van der Waals surface area contributed by atoms with Crippen LogP contribution in [0.2, 0.25) is 0 Å². The molecule has 51 heavy (non-hydrogen) atoms. The van der Waals surface area contributed by atoms with Gasteiger partial charge in [-0.25, -0.2) is 13.9 Å². The number of carbonyl (C=O) groups excluding carboxylic acids is 1. The van der Waals surface area contributed by atoms with Crippen molar-refractivity contribution in [1.29, 1.82) is 0 Å². The number of nitrogens with zero attached hydrogens (tertiary/aromatic N) is 5. The number of benzene rings is 3. The molecular formula is C34H36FN5O9S2. The highest BCUT2D eigenvalue weighted by Gasteiger charge is 2.33. The zero-order valence-electron chi connectivity index (χ0n) is 27.8. The zero-order chi connectivity index (χ0) is 36.6. The van der Waals surface area contributed by atoms with Gasteiger partial charge in [0.05, 0.1) is 53.7 Å². The van der Waals surface area contributed by atoms with Crippen molar-refractivity contribution in [2.24, 2.45) is 0 Å². The van der Waals surface area contributed by atoms with Crippen LogP contribution in [-0.2, 0) is 51.2 Å². The molecule has 2 saturated heterocycles. The third-order valence-electron chi connectivity index (χ3n) is 7.72. The summed E-state index contributed by atoms with van der Waals surface area (Å²) in [5.74, 6) is 1.68. The van der Waals surface area contributed by atoms with Gasteiger partial charge in [0.15, 0.2) is 0 Å². The summed E-state index contributed by atoms with van der Waals surface area (Å²) in [6.45, 7) is 5.88. The molecule has 0 bridgehead atoms. The van der Waals surface area contributed by atoms with Gasteiger partial charge in [-0.15, -0.1) is 11.5 Å². The van der Waals surface area contributed by atoms with Crippen LogP contribution in [0.4, 0.5) is 20.6 Å². The maximum atomic E-state index is 14.8. The molecule has 0 N–H and O–H groups in total. The van der Waals surface area contributed by atoms with E-state index in [4.69, 9.17) is 20.1 Å². The van der Waals surface area contributed by atoms with Crippen LogP contribution in [0.15, 0.2) is 82.7 Å². The Balaban J connectivity index is 0.000000303. The molecule has 1 atom stereocenters. The van der Waals surface area contributed by atoms with Crippen molar-refractivity contribution in [3.05, 3.63) is 95.6 Å². The molecule has 0 aliphatic carbocycles. The van der Waals surface area contributed by atoms with Gasteiger partial charge in [-0.3, -0.25) is 13.3 Å². The number of rotatable bonds is 11. The molecule has 3 aromatic carbocycles. The minimum absolute atomic E-state index is 0.0536. The Morgan fingerprint density at radius 2 is 1.53 bits per heavy atom. The lowest BCUT2D eigenvalue weighted by atomic mass is 10.2. The van der Waals surface area contributed by atoms with Crippen LogP contribution in [0.25, 0.3) is 0 Å². The van der Waals surface area contributed by atoms with Crippen molar-refractivity contribution in [1.82, 2.24) is 15.0 Å². The van der Waals surface area contributed by atoms with Gasteiger partial charge >= 0.3 is 6.09 Å². The highest BCUT2D eigenvalue weighted by atomic mass is 32.2. The van der Waals surface area contributed by atoms with E-state index in [-0.39, 0.29) is 36.1 Å². The number of ether oxygens (including phenoxy) is 2. The number of terminal acetylenes is 1. The largest absolute Gasteiger partial charge is 0.442 e. The number of amides is 1. The highest BCUT2D eigenvalue weighted by Crippen LogP contribution is 2.29. The molecule has 0 spiro atoms. The van der Waals surface area contributed by atoms with Crippen molar-refractivity contribution in [3.8, 4) is 12.3 Å². The number of aromatic nitrogens is 3. The molecule has 2 aliphatic heterocycles. The molecule has 6 rings (SSSR count). The summed E-state index contributed by atoms with van der Waals surface area (Å²) in [6, 6.07) is 17.4. The average Bonchev–Trinajstić information content (AvgIpc) is 3.73. The van der Waals surface area contributed by atoms with E-state index in [0.29, 0.717) is 43.4 Å². The summed E-state index contributed by atoms with van der Waals surface area (Å²) in [5.41, 5.74) is 3.09. The predicted octanol–water partition coefficient (Wildman–Crippen LogP) is 3.83. The number of hydrogen-bond acceptors (Lipinski definition) is 12. The van der Waals surface area contributed by atoms with Crippen molar-refractivity contribution in [3.63, 3.8) is 0 Å². The first-order valence-corrected chi connectivity index (χ1v) is 18.5. The second-order valence-corrected chi connectivity index (χ2v) is 14.8. The van der Waals surface area contributed by atoms with E-state index in [1.807, 2.05) is 18.7 Å². The molecule has 1 aromatic heterocycles. The van der Waals surface area contributed by atoms with Gasteiger partial charge < -0.3 is 14.4 Å². The molecule has 2 fully saturated rings. The lowest BCUT2D eigenvalue weighted by molar-refractivity contribution is 0.122. The first-order valence-electron chi connectivity index (χ1n) is 15.7. The first-order chi connectivity index (χ1) is 24.3. The molecule has 4 aromatic rings. The summed E-state index contributed by atoms with van der Waals surface area (Å²) in [4.78, 5) is 15.9. The quantitative estimate of drug-likeness (QED) is 0.162. The van der Waals surface area contributed by atoms with Crippen LogP contribution in [0.5, 0.6) is 0 Å². The van der Waals surface area contributed by atoms with E-state index in [1.165, 1.54) is 46.1 Å². The minimum atomic E-state index is -3.94. The van der Waals surface area contributed by atoms with Gasteiger partial charge in [-0.1, -0.05) is 46.5 Å². The number of hydrogen-bond donors (Lipinski definition) is 0. The fourth-order valence-electron chi connectivity index (χ4n) is 5.05. The average molecular weight is 742 g/mol. The molecule has 14 nitrogen and oxygen atoms in total. The number of morpholine rings is 1. The maximum absolute atomic E-state index is 14.8. The SMILES string of the molecule is C#CCOS(=O)(=O)c1ccc(C)cc1.Cc1ccc(S(=O)(=O)OCc2cn(C[C@H]3CN(c4ccc(N5CCOCC5)c(F)c4)C(=O)O3)nn2)cc1. The van der Waals surface area contributed by atoms with Crippen molar-refractivity contribution < 1.29 is 43.9 Å². The van der Waals surface area contributed by atoms with Gasteiger partial charge in [-0.2, -0.15) is 16.8 Å². The summed E-state index contributed by atoms with van der Waals surface area (Å²) in [7, 11) is -7.62. The van der Waals surface area contributed by atoms with Crippen LogP contribution in [0.3, 0.4) is 0 Å². The predicted molar refractivity (Wildman–Crippen MR) is 183 cm³/mol. The van der Waals surface area contributed by atoms with Gasteiger partial charge in [0.1, 0.15) is 30.8 Å². The Labute approximate surface area is 295 Å². The van der Waals surface area contributed by atoms with Gasteiger partial charge in [0, 0.05) is 13.1 Å². The Morgan fingerprint density at radius 1 is 0.922 bits per heavy atom. The number of aryl methyl sites for hydroxylation is 2. The third-order valence-corrected chi connectivity index (χ3v) is 10.3. The Hall–Kier alpha value is -4.86. The molecule has 0 radical (unpaired) electrons. The van der Waals surface area contributed by atoms with Crippen molar-refractivity contribution >= 4 is 37.7 Å². The van der Waals surface area contributed by atoms with Crippen LogP contribution >= 0.6 is 0 Å². The molecule has 270 valence electrons.